The van der Waals surface area contributed by atoms with Gasteiger partial charge in [0.25, 0.3) is 0 Å². The molecule has 2 N–H and O–H groups in total. The van der Waals surface area contributed by atoms with Crippen LogP contribution in [0.25, 0.3) is 0 Å². The Kier molecular flexibility index (Phi) is 5.25. The molecule has 1 aliphatic heterocycles. The Bertz CT molecular complexity index is 250. The van der Waals surface area contributed by atoms with Gasteiger partial charge in [-0.1, -0.05) is 6.42 Å². The van der Waals surface area contributed by atoms with Crippen molar-refractivity contribution in [2.45, 2.75) is 38.6 Å². The number of rotatable bonds is 5. The van der Waals surface area contributed by atoms with Crippen molar-refractivity contribution in [2.75, 3.05) is 19.6 Å². The number of hydrogen-bond donors (Lipinski definition) is 2. The van der Waals surface area contributed by atoms with E-state index in [1.807, 2.05) is 0 Å². The van der Waals surface area contributed by atoms with Crippen molar-refractivity contribution in [3.63, 3.8) is 0 Å². The van der Waals surface area contributed by atoms with Crippen molar-refractivity contribution in [2.24, 2.45) is 0 Å². The van der Waals surface area contributed by atoms with Crippen molar-refractivity contribution in [1.29, 1.82) is 0 Å². The summed E-state index contributed by atoms with van der Waals surface area (Å²) < 4.78 is 0. The van der Waals surface area contributed by atoms with Gasteiger partial charge in [-0.05, 0) is 32.9 Å². The molecule has 0 aromatic rings. The molecule has 1 atom stereocenters. The summed E-state index contributed by atoms with van der Waals surface area (Å²) in [6, 6.07) is 0.290. The summed E-state index contributed by atoms with van der Waals surface area (Å²) >= 11 is 0. The van der Waals surface area contributed by atoms with Gasteiger partial charge in [0.15, 0.2) is 0 Å². The smallest absolute Gasteiger partial charge is 0.312 e. The van der Waals surface area contributed by atoms with E-state index in [0.717, 1.165) is 13.1 Å². The molecule has 1 saturated heterocycles. The van der Waals surface area contributed by atoms with Gasteiger partial charge < -0.3 is 10.4 Å². The Morgan fingerprint density at radius 1 is 1.31 bits per heavy atom. The van der Waals surface area contributed by atoms with Crippen LogP contribution in [0.3, 0.4) is 0 Å². The number of nitrogens with one attached hydrogen (secondary N) is 1. The molecule has 1 heterocycles. The molecule has 1 rings (SSSR count). The van der Waals surface area contributed by atoms with Gasteiger partial charge in [0.1, 0.15) is 6.42 Å². The Hall–Kier alpha value is -1.10. The second kappa shape index (κ2) is 6.48. The Morgan fingerprint density at radius 2 is 1.94 bits per heavy atom. The normalized spacial score (nSPS) is 19.1. The van der Waals surface area contributed by atoms with Crippen molar-refractivity contribution >= 4 is 11.9 Å². The Morgan fingerprint density at radius 3 is 2.50 bits per heavy atom. The highest BCUT2D eigenvalue weighted by Crippen LogP contribution is 2.11. The molecular weight excluding hydrogens is 208 g/mol. The second-order valence-electron chi connectivity index (χ2n) is 4.32. The molecule has 0 radical (unpaired) electrons. The van der Waals surface area contributed by atoms with E-state index < -0.39 is 18.3 Å². The molecule has 0 aliphatic carbocycles. The van der Waals surface area contributed by atoms with Crippen molar-refractivity contribution < 1.29 is 14.7 Å². The van der Waals surface area contributed by atoms with Crippen molar-refractivity contribution in [3.8, 4) is 0 Å². The monoisotopic (exact) mass is 228 g/mol. The summed E-state index contributed by atoms with van der Waals surface area (Å²) in [4.78, 5) is 23.8. The number of carboxylic acid groups (broad SMARTS) is 1. The number of piperidine rings is 1. The quantitative estimate of drug-likeness (QED) is 0.670. The van der Waals surface area contributed by atoms with E-state index in [-0.39, 0.29) is 6.04 Å². The van der Waals surface area contributed by atoms with E-state index in [1.165, 1.54) is 19.3 Å². The third-order valence-corrected chi connectivity index (χ3v) is 2.92. The van der Waals surface area contributed by atoms with Crippen molar-refractivity contribution in [1.82, 2.24) is 10.2 Å². The molecule has 1 amide bonds. The lowest BCUT2D eigenvalue weighted by Crippen LogP contribution is -2.44. The van der Waals surface area contributed by atoms with Crippen LogP contribution < -0.4 is 5.32 Å². The molecule has 5 heteroatoms. The minimum absolute atomic E-state index is 0.290. The molecule has 0 bridgehead atoms. The number of likely N-dealkylation sites (tertiary alicyclic amines) is 1. The summed E-state index contributed by atoms with van der Waals surface area (Å²) in [5.41, 5.74) is 0. The van der Waals surface area contributed by atoms with Crippen LogP contribution in [0.15, 0.2) is 0 Å². The van der Waals surface area contributed by atoms with Gasteiger partial charge in [-0.15, -0.1) is 0 Å². The van der Waals surface area contributed by atoms with Crippen LogP contribution in [-0.4, -0.2) is 47.6 Å². The number of aliphatic carboxylic acids is 1. The van der Waals surface area contributed by atoms with E-state index in [9.17, 15) is 9.59 Å². The van der Waals surface area contributed by atoms with Gasteiger partial charge in [-0.3, -0.25) is 14.5 Å². The third-order valence-electron chi connectivity index (χ3n) is 2.92. The molecule has 1 fully saturated rings. The molecular formula is C11H20N2O3. The van der Waals surface area contributed by atoms with Gasteiger partial charge in [0.2, 0.25) is 5.91 Å². The van der Waals surface area contributed by atoms with E-state index >= 15 is 0 Å². The molecule has 0 aromatic carbocycles. The molecule has 5 nitrogen and oxygen atoms in total. The lowest BCUT2D eigenvalue weighted by atomic mass is 10.1. The SMILES string of the molecule is CC(CNC(=O)CC(=O)O)N1CCCCC1. The highest BCUT2D eigenvalue weighted by Gasteiger charge is 2.17. The van der Waals surface area contributed by atoms with Crippen LogP contribution in [0.2, 0.25) is 0 Å². The van der Waals surface area contributed by atoms with E-state index in [0.29, 0.717) is 6.54 Å². The molecule has 92 valence electrons. The zero-order valence-electron chi connectivity index (χ0n) is 9.74. The van der Waals surface area contributed by atoms with Crippen molar-refractivity contribution in [3.05, 3.63) is 0 Å². The van der Waals surface area contributed by atoms with Crippen LogP contribution in [0.1, 0.15) is 32.6 Å². The fraction of sp³-hybridized carbons (Fsp3) is 0.818. The largest absolute Gasteiger partial charge is 0.481 e. The predicted octanol–water partition coefficient (Wildman–Crippen LogP) is 0.452. The topological polar surface area (TPSA) is 69.6 Å². The lowest BCUT2D eigenvalue weighted by molar-refractivity contribution is -0.140. The maximum Gasteiger partial charge on any atom is 0.312 e. The molecule has 1 aliphatic rings. The minimum Gasteiger partial charge on any atom is -0.481 e. The minimum atomic E-state index is -1.08. The number of carbonyl (C=O) groups is 2. The van der Waals surface area contributed by atoms with Crippen LogP contribution in [0.4, 0.5) is 0 Å². The standard InChI is InChI=1S/C11H20N2O3/c1-9(13-5-3-2-4-6-13)8-12-10(14)7-11(15)16/h9H,2-8H2,1H3,(H,12,14)(H,15,16). The maximum absolute atomic E-state index is 11.1. The molecule has 0 saturated carbocycles. The fourth-order valence-corrected chi connectivity index (χ4v) is 1.95. The number of amides is 1. The molecule has 1 unspecified atom stereocenters. The predicted molar refractivity (Wildman–Crippen MR) is 60.1 cm³/mol. The van der Waals surface area contributed by atoms with Gasteiger partial charge in [0, 0.05) is 12.6 Å². The number of carboxylic acids is 1. The van der Waals surface area contributed by atoms with Gasteiger partial charge in [-0.2, -0.15) is 0 Å². The van der Waals surface area contributed by atoms with E-state index in [1.54, 1.807) is 0 Å². The summed E-state index contributed by atoms with van der Waals surface area (Å²) in [6.45, 7) is 4.75. The summed E-state index contributed by atoms with van der Waals surface area (Å²) in [6.07, 6.45) is 3.28. The van der Waals surface area contributed by atoms with Crippen LogP contribution >= 0.6 is 0 Å². The molecule has 16 heavy (non-hydrogen) atoms. The average Bonchev–Trinajstić information content (AvgIpc) is 2.26. The molecule has 0 spiro atoms. The number of carbonyl (C=O) groups excluding carboxylic acids is 1. The highest BCUT2D eigenvalue weighted by atomic mass is 16.4. The maximum atomic E-state index is 11.1. The summed E-state index contributed by atoms with van der Waals surface area (Å²) in [5.74, 6) is -1.49. The first-order valence-electron chi connectivity index (χ1n) is 5.82. The van der Waals surface area contributed by atoms with Gasteiger partial charge in [0.05, 0.1) is 0 Å². The second-order valence-corrected chi connectivity index (χ2v) is 4.32. The van der Waals surface area contributed by atoms with E-state index in [2.05, 4.69) is 17.1 Å². The number of nitrogens with zero attached hydrogens (tertiary/aromatic N) is 1. The Balaban J connectivity index is 2.20. The zero-order valence-corrected chi connectivity index (χ0v) is 9.74. The zero-order chi connectivity index (χ0) is 12.0. The van der Waals surface area contributed by atoms with E-state index in [4.69, 9.17) is 5.11 Å². The first kappa shape index (κ1) is 13.0. The van der Waals surface area contributed by atoms with Gasteiger partial charge in [-0.25, -0.2) is 0 Å². The average molecular weight is 228 g/mol. The highest BCUT2D eigenvalue weighted by molar-refractivity contribution is 5.93. The lowest BCUT2D eigenvalue weighted by Gasteiger charge is -2.32. The summed E-state index contributed by atoms with van der Waals surface area (Å²) in [5, 5.41) is 11.1. The summed E-state index contributed by atoms with van der Waals surface area (Å²) in [7, 11) is 0. The Labute approximate surface area is 95.8 Å². The van der Waals surface area contributed by atoms with Gasteiger partial charge >= 0.3 is 5.97 Å². The first-order valence-corrected chi connectivity index (χ1v) is 5.82. The van der Waals surface area contributed by atoms with Crippen LogP contribution in [-0.2, 0) is 9.59 Å². The third kappa shape index (κ3) is 4.61. The number of hydrogen-bond acceptors (Lipinski definition) is 3. The first-order chi connectivity index (χ1) is 7.59. The molecule has 0 aromatic heterocycles. The fourth-order valence-electron chi connectivity index (χ4n) is 1.95. The van der Waals surface area contributed by atoms with Crippen LogP contribution in [0, 0.1) is 0 Å². The van der Waals surface area contributed by atoms with Crippen LogP contribution in [0.5, 0.6) is 0 Å².